The van der Waals surface area contributed by atoms with E-state index in [1.54, 1.807) is 14.0 Å². The van der Waals surface area contributed by atoms with E-state index in [2.05, 4.69) is 5.32 Å². The topological polar surface area (TPSA) is 47.6 Å². The molecule has 1 rings (SSSR count). The largest absolute Gasteiger partial charge is 0.495 e. The number of nitrogens with one attached hydrogen (secondary N) is 1. The lowest BCUT2D eigenvalue weighted by Gasteiger charge is -2.06. The molecule has 86 valence electrons. The minimum absolute atomic E-state index is 0.370. The van der Waals surface area contributed by atoms with E-state index >= 15 is 0 Å². The number of hydrogen-bond acceptors (Lipinski definition) is 4. The van der Waals surface area contributed by atoms with Crippen LogP contribution in [0.25, 0.3) is 0 Å². The summed E-state index contributed by atoms with van der Waals surface area (Å²) in [6.45, 7) is 2.14. The van der Waals surface area contributed by atoms with Crippen LogP contribution < -0.4 is 10.1 Å². The Morgan fingerprint density at radius 2 is 2.19 bits per heavy atom. The number of para-hydroxylation sites is 2. The highest BCUT2D eigenvalue weighted by Crippen LogP contribution is 2.22. The number of carbonyl (C=O) groups is 1. The van der Waals surface area contributed by atoms with Crippen molar-refractivity contribution in [1.29, 1.82) is 0 Å². The molecular formula is C12H15NO3. The average Bonchev–Trinajstić information content (AvgIpc) is 2.30. The Bertz CT molecular complexity index is 374. The van der Waals surface area contributed by atoms with Crippen LogP contribution in [0.4, 0.5) is 5.69 Å². The van der Waals surface area contributed by atoms with Gasteiger partial charge < -0.3 is 14.8 Å². The summed E-state index contributed by atoms with van der Waals surface area (Å²) in [5.74, 6) is 0.348. The van der Waals surface area contributed by atoms with Crippen molar-refractivity contribution in [2.45, 2.75) is 6.92 Å². The second kappa shape index (κ2) is 6.50. The second-order valence-corrected chi connectivity index (χ2v) is 2.93. The zero-order chi connectivity index (χ0) is 11.8. The van der Waals surface area contributed by atoms with Gasteiger partial charge in [-0.3, -0.25) is 0 Å². The van der Waals surface area contributed by atoms with E-state index in [0.717, 1.165) is 11.4 Å². The van der Waals surface area contributed by atoms with Crippen molar-refractivity contribution in [3.8, 4) is 5.75 Å². The predicted molar refractivity (Wildman–Crippen MR) is 62.4 cm³/mol. The summed E-state index contributed by atoms with van der Waals surface area (Å²) in [6, 6.07) is 7.44. The lowest BCUT2D eigenvalue weighted by atomic mass is 10.3. The lowest BCUT2D eigenvalue weighted by molar-refractivity contribution is -0.137. The summed E-state index contributed by atoms with van der Waals surface area (Å²) in [5, 5.41) is 2.95. The van der Waals surface area contributed by atoms with E-state index in [0.29, 0.717) is 6.61 Å². The summed E-state index contributed by atoms with van der Waals surface area (Å²) >= 11 is 0. The molecule has 1 aromatic rings. The van der Waals surface area contributed by atoms with E-state index in [4.69, 9.17) is 9.47 Å². The summed E-state index contributed by atoms with van der Waals surface area (Å²) in [5.41, 5.74) is 0.797. The fourth-order valence-electron chi connectivity index (χ4n) is 1.15. The zero-order valence-electron chi connectivity index (χ0n) is 9.40. The normalized spacial score (nSPS) is 10.1. The molecule has 1 aromatic carbocycles. The van der Waals surface area contributed by atoms with Gasteiger partial charge in [-0.1, -0.05) is 12.1 Å². The zero-order valence-corrected chi connectivity index (χ0v) is 9.40. The third-order valence-corrected chi connectivity index (χ3v) is 1.85. The standard InChI is InChI=1S/C12H15NO3/c1-3-16-12(14)8-9-13-10-6-4-5-7-11(10)15-2/h4-9,13H,3H2,1-2H3. The van der Waals surface area contributed by atoms with Gasteiger partial charge in [-0.25, -0.2) is 4.79 Å². The summed E-state index contributed by atoms with van der Waals surface area (Å²) in [7, 11) is 1.59. The van der Waals surface area contributed by atoms with Crippen molar-refractivity contribution >= 4 is 11.7 Å². The Morgan fingerprint density at radius 1 is 1.44 bits per heavy atom. The number of hydrogen-bond donors (Lipinski definition) is 1. The molecule has 0 aromatic heterocycles. The first-order valence-electron chi connectivity index (χ1n) is 5.00. The predicted octanol–water partition coefficient (Wildman–Crippen LogP) is 2.18. The van der Waals surface area contributed by atoms with Crippen molar-refractivity contribution in [2.75, 3.05) is 19.0 Å². The first kappa shape index (κ1) is 12.1. The third-order valence-electron chi connectivity index (χ3n) is 1.85. The lowest BCUT2D eigenvalue weighted by Crippen LogP contribution is -2.00. The van der Waals surface area contributed by atoms with E-state index in [9.17, 15) is 4.79 Å². The van der Waals surface area contributed by atoms with Gasteiger partial charge in [0, 0.05) is 12.3 Å². The molecule has 0 aliphatic rings. The van der Waals surface area contributed by atoms with Crippen LogP contribution in [0.2, 0.25) is 0 Å². The minimum atomic E-state index is -0.370. The van der Waals surface area contributed by atoms with Crippen molar-refractivity contribution < 1.29 is 14.3 Å². The van der Waals surface area contributed by atoms with Gasteiger partial charge in [-0.2, -0.15) is 0 Å². The average molecular weight is 221 g/mol. The molecule has 0 radical (unpaired) electrons. The molecule has 0 bridgehead atoms. The van der Waals surface area contributed by atoms with Crippen LogP contribution in [0, 0.1) is 0 Å². The smallest absolute Gasteiger partial charge is 0.332 e. The van der Waals surface area contributed by atoms with Gasteiger partial charge in [-0.15, -0.1) is 0 Å². The Labute approximate surface area is 94.9 Å². The SMILES string of the molecule is CCOC(=O)C=CNc1ccccc1OC. The third kappa shape index (κ3) is 3.65. The summed E-state index contributed by atoms with van der Waals surface area (Å²) in [6.07, 6.45) is 2.85. The number of rotatable bonds is 5. The Balaban J connectivity index is 2.57. The van der Waals surface area contributed by atoms with Crippen LogP contribution in [0.5, 0.6) is 5.75 Å². The Hall–Kier alpha value is -1.97. The van der Waals surface area contributed by atoms with Gasteiger partial charge in [0.15, 0.2) is 0 Å². The molecule has 4 nitrogen and oxygen atoms in total. The van der Waals surface area contributed by atoms with Gasteiger partial charge in [0.2, 0.25) is 0 Å². The van der Waals surface area contributed by atoms with Crippen molar-refractivity contribution in [2.24, 2.45) is 0 Å². The fourth-order valence-corrected chi connectivity index (χ4v) is 1.15. The molecule has 4 heteroatoms. The van der Waals surface area contributed by atoms with Crippen molar-refractivity contribution in [1.82, 2.24) is 0 Å². The molecule has 0 unspecified atom stereocenters. The molecule has 0 amide bonds. The number of benzene rings is 1. The Kier molecular flexibility index (Phi) is 4.92. The molecule has 0 atom stereocenters. The quantitative estimate of drug-likeness (QED) is 0.611. The van der Waals surface area contributed by atoms with Crippen LogP contribution in [0.15, 0.2) is 36.5 Å². The number of ether oxygens (including phenoxy) is 2. The number of esters is 1. The Morgan fingerprint density at radius 3 is 2.88 bits per heavy atom. The minimum Gasteiger partial charge on any atom is -0.495 e. The molecule has 16 heavy (non-hydrogen) atoms. The van der Waals surface area contributed by atoms with E-state index in [1.807, 2.05) is 24.3 Å². The van der Waals surface area contributed by atoms with Crippen LogP contribution in [0.3, 0.4) is 0 Å². The number of methoxy groups -OCH3 is 1. The maximum Gasteiger partial charge on any atom is 0.332 e. The first-order valence-corrected chi connectivity index (χ1v) is 5.00. The van der Waals surface area contributed by atoms with Crippen LogP contribution in [-0.2, 0) is 9.53 Å². The van der Waals surface area contributed by atoms with Crippen molar-refractivity contribution in [3.05, 3.63) is 36.5 Å². The van der Waals surface area contributed by atoms with Gasteiger partial charge in [0.05, 0.1) is 19.4 Å². The maximum absolute atomic E-state index is 11.0. The molecule has 0 aliphatic carbocycles. The van der Waals surface area contributed by atoms with Gasteiger partial charge in [0.25, 0.3) is 0 Å². The van der Waals surface area contributed by atoms with Gasteiger partial charge in [-0.05, 0) is 19.1 Å². The first-order chi connectivity index (χ1) is 7.77. The summed E-state index contributed by atoms with van der Waals surface area (Å²) in [4.78, 5) is 11.0. The van der Waals surface area contributed by atoms with E-state index in [-0.39, 0.29) is 5.97 Å². The van der Waals surface area contributed by atoms with Gasteiger partial charge >= 0.3 is 5.97 Å². The molecule has 0 saturated carbocycles. The molecule has 1 N–H and O–H groups in total. The number of anilines is 1. The molecule has 0 spiro atoms. The van der Waals surface area contributed by atoms with Gasteiger partial charge in [0.1, 0.15) is 5.75 Å². The molecule has 0 fully saturated rings. The van der Waals surface area contributed by atoms with Crippen LogP contribution in [0.1, 0.15) is 6.92 Å². The second-order valence-electron chi connectivity index (χ2n) is 2.93. The fraction of sp³-hybridized carbons (Fsp3) is 0.250. The molecule has 0 saturated heterocycles. The molecule has 0 aliphatic heterocycles. The maximum atomic E-state index is 11.0. The molecular weight excluding hydrogens is 206 g/mol. The van der Waals surface area contributed by atoms with E-state index in [1.165, 1.54) is 12.3 Å². The molecule has 0 heterocycles. The number of carbonyl (C=O) groups excluding carboxylic acids is 1. The van der Waals surface area contributed by atoms with Crippen molar-refractivity contribution in [3.63, 3.8) is 0 Å². The highest BCUT2D eigenvalue weighted by atomic mass is 16.5. The highest BCUT2D eigenvalue weighted by Gasteiger charge is 1.98. The monoisotopic (exact) mass is 221 g/mol. The van der Waals surface area contributed by atoms with Crippen LogP contribution >= 0.6 is 0 Å². The summed E-state index contributed by atoms with van der Waals surface area (Å²) < 4.78 is 9.88. The van der Waals surface area contributed by atoms with E-state index < -0.39 is 0 Å². The van der Waals surface area contributed by atoms with Crippen LogP contribution in [-0.4, -0.2) is 19.7 Å². The highest BCUT2D eigenvalue weighted by molar-refractivity contribution is 5.82.